The van der Waals surface area contributed by atoms with Crippen LogP contribution in [0.1, 0.15) is 27.5 Å². The van der Waals surface area contributed by atoms with Gasteiger partial charge in [0.25, 0.3) is 5.91 Å². The molecule has 0 bridgehead atoms. The highest BCUT2D eigenvalue weighted by atomic mass is 35.5. The zero-order valence-corrected chi connectivity index (χ0v) is 18.5. The molecule has 0 radical (unpaired) electrons. The van der Waals surface area contributed by atoms with E-state index in [0.29, 0.717) is 43.4 Å². The van der Waals surface area contributed by atoms with Crippen LogP contribution in [-0.2, 0) is 0 Å². The molecule has 3 aromatic carbocycles. The molecule has 3 aromatic rings. The highest BCUT2D eigenvalue weighted by Crippen LogP contribution is 2.35. The number of carbonyl (C=O) groups excluding carboxylic acids is 1. The summed E-state index contributed by atoms with van der Waals surface area (Å²) in [6, 6.07) is 24.2. The molecular weight excluding hydrogens is 424 g/mol. The Morgan fingerprint density at radius 1 is 0.781 bits per heavy atom. The van der Waals surface area contributed by atoms with E-state index in [-0.39, 0.29) is 11.9 Å². The molecule has 5 rings (SSSR count). The number of carbonyl (C=O) groups is 1. The number of benzene rings is 3. The molecule has 0 aromatic heterocycles. The molecule has 2 aliphatic rings. The van der Waals surface area contributed by atoms with Crippen molar-refractivity contribution in [2.24, 2.45) is 0 Å². The van der Waals surface area contributed by atoms with Gasteiger partial charge in [0.2, 0.25) is 0 Å². The van der Waals surface area contributed by atoms with Gasteiger partial charge in [-0.15, -0.1) is 0 Å². The Morgan fingerprint density at radius 3 is 2.22 bits per heavy atom. The Morgan fingerprint density at radius 2 is 1.47 bits per heavy atom. The molecule has 6 heteroatoms. The zero-order chi connectivity index (χ0) is 21.9. The number of piperazine rings is 1. The number of nitrogens with zero attached hydrogens (tertiary/aromatic N) is 2. The highest BCUT2D eigenvalue weighted by molar-refractivity contribution is 6.30. The third-order valence-corrected chi connectivity index (χ3v) is 6.32. The Kier molecular flexibility index (Phi) is 6.02. The third kappa shape index (κ3) is 4.18. The molecule has 0 spiro atoms. The van der Waals surface area contributed by atoms with Gasteiger partial charge in [0.1, 0.15) is 13.2 Å². The van der Waals surface area contributed by atoms with E-state index in [2.05, 4.69) is 41.3 Å². The Bertz CT molecular complexity index is 1080. The normalized spacial score (nSPS) is 17.1. The van der Waals surface area contributed by atoms with Crippen LogP contribution in [-0.4, -0.2) is 55.1 Å². The van der Waals surface area contributed by atoms with Gasteiger partial charge in [-0.2, -0.15) is 0 Å². The fraction of sp³-hybridized carbons (Fsp3) is 0.269. The average molecular weight is 449 g/mol. The molecule has 1 saturated heterocycles. The van der Waals surface area contributed by atoms with Gasteiger partial charge in [-0.05, 0) is 35.4 Å². The summed E-state index contributed by atoms with van der Waals surface area (Å²) in [5.74, 6) is 1.21. The molecule has 2 heterocycles. The maximum Gasteiger partial charge on any atom is 0.257 e. The lowest BCUT2D eigenvalue weighted by Gasteiger charge is -2.40. The van der Waals surface area contributed by atoms with Crippen molar-refractivity contribution in [2.45, 2.75) is 6.04 Å². The molecule has 0 saturated carbocycles. The molecule has 2 aliphatic heterocycles. The number of halogens is 1. The largest absolute Gasteiger partial charge is 0.486 e. The van der Waals surface area contributed by atoms with Gasteiger partial charge < -0.3 is 14.4 Å². The number of hydrogen-bond donors (Lipinski definition) is 0. The van der Waals surface area contributed by atoms with E-state index < -0.39 is 0 Å². The first-order valence-electron chi connectivity index (χ1n) is 10.9. The topological polar surface area (TPSA) is 42.0 Å². The fourth-order valence-corrected chi connectivity index (χ4v) is 4.62. The monoisotopic (exact) mass is 448 g/mol. The van der Waals surface area contributed by atoms with Crippen molar-refractivity contribution in [1.29, 1.82) is 0 Å². The summed E-state index contributed by atoms with van der Waals surface area (Å²) in [5, 5.41) is 0.730. The van der Waals surface area contributed by atoms with Crippen molar-refractivity contribution in [3.8, 4) is 11.5 Å². The van der Waals surface area contributed by atoms with Crippen molar-refractivity contribution in [3.63, 3.8) is 0 Å². The first kappa shape index (κ1) is 20.9. The smallest absolute Gasteiger partial charge is 0.257 e. The van der Waals surface area contributed by atoms with Gasteiger partial charge in [-0.1, -0.05) is 60.1 Å². The maximum atomic E-state index is 13.3. The van der Waals surface area contributed by atoms with Crippen molar-refractivity contribution in [2.75, 3.05) is 39.4 Å². The lowest BCUT2D eigenvalue weighted by Crippen LogP contribution is -2.50. The molecule has 5 nitrogen and oxygen atoms in total. The van der Waals surface area contributed by atoms with Crippen LogP contribution in [0.3, 0.4) is 0 Å². The van der Waals surface area contributed by atoms with Crippen LogP contribution in [0, 0.1) is 0 Å². The van der Waals surface area contributed by atoms with E-state index in [1.54, 1.807) is 0 Å². The van der Waals surface area contributed by atoms with Crippen LogP contribution < -0.4 is 9.47 Å². The van der Waals surface area contributed by atoms with Crippen molar-refractivity contribution in [1.82, 2.24) is 9.80 Å². The van der Waals surface area contributed by atoms with Crippen LogP contribution in [0.15, 0.2) is 72.8 Å². The predicted octanol–water partition coefficient (Wildman–Crippen LogP) is 4.66. The summed E-state index contributed by atoms with van der Waals surface area (Å²) in [6.07, 6.45) is 0. The van der Waals surface area contributed by atoms with E-state index in [0.717, 1.165) is 18.1 Å². The number of rotatable bonds is 4. The summed E-state index contributed by atoms with van der Waals surface area (Å²) in [5.41, 5.74) is 3.01. The number of fused-ring (bicyclic) bond motifs is 1. The molecule has 1 atom stereocenters. The summed E-state index contributed by atoms with van der Waals surface area (Å²) in [4.78, 5) is 17.6. The van der Waals surface area contributed by atoms with Gasteiger partial charge in [0, 0.05) is 31.2 Å². The van der Waals surface area contributed by atoms with E-state index in [1.165, 1.54) is 11.1 Å². The highest BCUT2D eigenvalue weighted by Gasteiger charge is 2.30. The standard InChI is InChI=1S/C26H25ClN2O3/c27-21-11-9-20(10-12-21)24(19-5-2-1-3-6-19)28-13-15-29(16-14-28)26(30)22-7-4-8-23-25(22)32-18-17-31-23/h1-12,24H,13-18H2/t24-/m0/s1. The van der Waals surface area contributed by atoms with Gasteiger partial charge in [0.05, 0.1) is 11.6 Å². The molecule has 0 N–H and O–H groups in total. The summed E-state index contributed by atoms with van der Waals surface area (Å²) in [6.45, 7) is 3.83. The molecule has 32 heavy (non-hydrogen) atoms. The maximum absolute atomic E-state index is 13.3. The van der Waals surface area contributed by atoms with Crippen LogP contribution in [0.5, 0.6) is 11.5 Å². The van der Waals surface area contributed by atoms with Crippen LogP contribution in [0.2, 0.25) is 5.02 Å². The quantitative estimate of drug-likeness (QED) is 0.582. The average Bonchev–Trinajstić information content (AvgIpc) is 2.86. The first-order valence-corrected chi connectivity index (χ1v) is 11.3. The van der Waals surface area contributed by atoms with E-state index in [1.807, 2.05) is 41.3 Å². The van der Waals surface area contributed by atoms with Gasteiger partial charge in [0.15, 0.2) is 11.5 Å². The van der Waals surface area contributed by atoms with E-state index >= 15 is 0 Å². The number of hydrogen-bond acceptors (Lipinski definition) is 4. The van der Waals surface area contributed by atoms with Crippen molar-refractivity contribution < 1.29 is 14.3 Å². The molecule has 1 amide bonds. The second kappa shape index (κ2) is 9.23. The lowest BCUT2D eigenvalue weighted by molar-refractivity contribution is 0.0589. The van der Waals surface area contributed by atoms with Gasteiger partial charge in [-0.25, -0.2) is 0 Å². The first-order chi connectivity index (χ1) is 15.7. The summed E-state index contributed by atoms with van der Waals surface area (Å²) >= 11 is 6.13. The molecular formula is C26H25ClN2O3. The van der Waals surface area contributed by atoms with Gasteiger partial charge >= 0.3 is 0 Å². The fourth-order valence-electron chi connectivity index (χ4n) is 4.49. The van der Waals surface area contributed by atoms with Crippen LogP contribution in [0.4, 0.5) is 0 Å². The van der Waals surface area contributed by atoms with Crippen LogP contribution >= 0.6 is 11.6 Å². The number of ether oxygens (including phenoxy) is 2. The second-order valence-electron chi connectivity index (χ2n) is 8.02. The Hall–Kier alpha value is -3.02. The molecule has 0 aliphatic carbocycles. The SMILES string of the molecule is O=C(c1cccc2c1OCCO2)N1CCN([C@@H](c2ccccc2)c2ccc(Cl)cc2)CC1. The Labute approximate surface area is 193 Å². The lowest BCUT2D eigenvalue weighted by atomic mass is 9.96. The predicted molar refractivity (Wildman–Crippen MR) is 125 cm³/mol. The summed E-state index contributed by atoms with van der Waals surface area (Å²) in [7, 11) is 0. The van der Waals surface area contributed by atoms with Crippen molar-refractivity contribution >= 4 is 17.5 Å². The number of para-hydroxylation sites is 1. The van der Waals surface area contributed by atoms with Crippen molar-refractivity contribution in [3.05, 3.63) is 94.5 Å². The summed E-state index contributed by atoms with van der Waals surface area (Å²) < 4.78 is 11.4. The number of amides is 1. The minimum atomic E-state index is -0.00486. The molecule has 1 fully saturated rings. The minimum Gasteiger partial charge on any atom is -0.486 e. The zero-order valence-electron chi connectivity index (χ0n) is 17.7. The van der Waals surface area contributed by atoms with Gasteiger partial charge in [-0.3, -0.25) is 9.69 Å². The molecule has 164 valence electrons. The second-order valence-corrected chi connectivity index (χ2v) is 8.46. The third-order valence-electron chi connectivity index (χ3n) is 6.06. The van der Waals surface area contributed by atoms with E-state index in [4.69, 9.17) is 21.1 Å². The Balaban J connectivity index is 1.35. The van der Waals surface area contributed by atoms with Crippen LogP contribution in [0.25, 0.3) is 0 Å². The van der Waals surface area contributed by atoms with E-state index in [9.17, 15) is 4.79 Å². The molecule has 0 unspecified atom stereocenters. The minimum absolute atomic E-state index is 0.00486.